The van der Waals surface area contributed by atoms with Gasteiger partial charge in [-0.15, -0.1) is 11.3 Å². The van der Waals surface area contributed by atoms with E-state index in [0.29, 0.717) is 23.4 Å². The number of sulfone groups is 1. The highest BCUT2D eigenvalue weighted by Gasteiger charge is 2.16. The van der Waals surface area contributed by atoms with Crippen LogP contribution in [0.4, 0.5) is 0 Å². The molecule has 10 heteroatoms. The number of rotatable bonds is 16. The molecule has 0 saturated heterocycles. The van der Waals surface area contributed by atoms with Crippen LogP contribution in [0.3, 0.4) is 0 Å². The van der Waals surface area contributed by atoms with Crippen molar-refractivity contribution in [2.24, 2.45) is 0 Å². The average Bonchev–Trinajstić information content (AvgIpc) is 3.15. The lowest BCUT2D eigenvalue weighted by molar-refractivity contribution is 0.300. The number of hydrogen-bond donors (Lipinski definition) is 2. The van der Waals surface area contributed by atoms with Crippen molar-refractivity contribution < 1.29 is 8.42 Å². The van der Waals surface area contributed by atoms with Gasteiger partial charge < -0.3 is 15.5 Å². The van der Waals surface area contributed by atoms with E-state index in [0.717, 1.165) is 44.0 Å². The maximum Gasteiger partial charge on any atom is 0.204 e. The van der Waals surface area contributed by atoms with Crippen molar-refractivity contribution in [2.75, 3.05) is 38.5 Å². The summed E-state index contributed by atoms with van der Waals surface area (Å²) in [5, 5.41) is 8.85. The first-order valence-corrected chi connectivity index (χ1v) is 16.1. The average molecular weight is 590 g/mol. The molecule has 2 aromatic rings. The monoisotopic (exact) mass is 588 g/mol. The SMILES string of the molecule is CCNC(=CS(=O)(=O)c1ccccc1Br)NCCSCc1nc(CCCN(CC)CC)sc1C. The molecule has 6 nitrogen and oxygen atoms in total. The van der Waals surface area contributed by atoms with E-state index >= 15 is 0 Å². The van der Waals surface area contributed by atoms with Gasteiger partial charge in [-0.1, -0.05) is 26.0 Å². The van der Waals surface area contributed by atoms with Crippen molar-refractivity contribution in [1.82, 2.24) is 20.5 Å². The van der Waals surface area contributed by atoms with Crippen molar-refractivity contribution >= 4 is 48.9 Å². The zero-order valence-corrected chi connectivity index (χ0v) is 24.6. The second-order valence-electron chi connectivity index (χ2n) is 7.76. The number of benzene rings is 1. The predicted octanol–water partition coefficient (Wildman–Crippen LogP) is 5.19. The number of thiazole rings is 1. The molecule has 190 valence electrons. The number of hydrogen-bond acceptors (Lipinski definition) is 8. The van der Waals surface area contributed by atoms with Crippen molar-refractivity contribution in [3.63, 3.8) is 0 Å². The van der Waals surface area contributed by atoms with Crippen LogP contribution in [0.1, 0.15) is 42.8 Å². The Labute approximate surface area is 222 Å². The van der Waals surface area contributed by atoms with E-state index < -0.39 is 9.84 Å². The van der Waals surface area contributed by atoms with Crippen molar-refractivity contribution in [3.05, 3.63) is 55.5 Å². The number of aromatic nitrogens is 1. The Morgan fingerprint density at radius 3 is 2.62 bits per heavy atom. The molecule has 0 unspecified atom stereocenters. The molecule has 0 fully saturated rings. The van der Waals surface area contributed by atoms with Crippen LogP contribution in [0.2, 0.25) is 0 Å². The van der Waals surface area contributed by atoms with E-state index in [1.165, 1.54) is 21.0 Å². The smallest absolute Gasteiger partial charge is 0.204 e. The van der Waals surface area contributed by atoms with Crippen LogP contribution in [0, 0.1) is 6.92 Å². The molecule has 2 rings (SSSR count). The largest absolute Gasteiger partial charge is 0.372 e. The van der Waals surface area contributed by atoms with Crippen LogP contribution in [-0.4, -0.2) is 56.8 Å². The zero-order valence-electron chi connectivity index (χ0n) is 20.6. The topological polar surface area (TPSA) is 74.3 Å². The first-order valence-electron chi connectivity index (χ1n) is 11.7. The van der Waals surface area contributed by atoms with Gasteiger partial charge in [0, 0.05) is 40.4 Å². The molecule has 0 bridgehead atoms. The fraction of sp³-hybridized carbons (Fsp3) is 0.542. The number of halogens is 1. The van der Waals surface area contributed by atoms with E-state index in [2.05, 4.69) is 52.2 Å². The summed E-state index contributed by atoms with van der Waals surface area (Å²) in [6.07, 6.45) is 2.18. The van der Waals surface area contributed by atoms with Gasteiger partial charge >= 0.3 is 0 Å². The quantitative estimate of drug-likeness (QED) is 0.261. The number of aryl methyl sites for hydroxylation is 2. The fourth-order valence-electron chi connectivity index (χ4n) is 3.38. The Hall–Kier alpha value is -1.07. The van der Waals surface area contributed by atoms with Crippen LogP contribution >= 0.6 is 39.0 Å². The molecule has 0 radical (unpaired) electrons. The Morgan fingerprint density at radius 2 is 1.94 bits per heavy atom. The molecule has 0 amide bonds. The second kappa shape index (κ2) is 15.1. The summed E-state index contributed by atoms with van der Waals surface area (Å²) in [5.74, 6) is 2.24. The fourth-order valence-corrected chi connectivity index (χ4v) is 7.50. The molecule has 0 spiro atoms. The maximum atomic E-state index is 12.8. The third-order valence-corrected chi connectivity index (χ3v) is 9.79. The van der Waals surface area contributed by atoms with Gasteiger partial charge in [0.2, 0.25) is 9.84 Å². The lowest BCUT2D eigenvalue weighted by Crippen LogP contribution is -2.29. The molecule has 0 aliphatic heterocycles. The Bertz CT molecular complexity index is 1020. The van der Waals surface area contributed by atoms with Gasteiger partial charge in [0.05, 0.1) is 21.0 Å². The normalized spacial score (nSPS) is 12.4. The summed E-state index contributed by atoms with van der Waals surface area (Å²) >= 11 is 6.95. The van der Waals surface area contributed by atoms with Gasteiger partial charge in [-0.25, -0.2) is 13.4 Å². The number of nitrogens with zero attached hydrogens (tertiary/aromatic N) is 2. The zero-order chi connectivity index (χ0) is 25.0. The lowest BCUT2D eigenvalue weighted by atomic mass is 10.3. The van der Waals surface area contributed by atoms with Crippen LogP contribution in [0.15, 0.2) is 44.9 Å². The van der Waals surface area contributed by atoms with Crippen molar-refractivity contribution in [1.29, 1.82) is 0 Å². The Balaban J connectivity index is 1.83. The molecule has 0 atom stereocenters. The van der Waals surface area contributed by atoms with Gasteiger partial charge in [-0.3, -0.25) is 0 Å². The molecule has 1 aromatic carbocycles. The summed E-state index contributed by atoms with van der Waals surface area (Å²) in [6, 6.07) is 6.85. The highest BCUT2D eigenvalue weighted by atomic mass is 79.9. The number of thioether (sulfide) groups is 1. The molecule has 0 saturated carbocycles. The van der Waals surface area contributed by atoms with Gasteiger partial charge in [0.1, 0.15) is 5.82 Å². The third kappa shape index (κ3) is 9.53. The molecule has 1 aromatic heterocycles. The maximum absolute atomic E-state index is 12.8. The molecular weight excluding hydrogens is 552 g/mol. The minimum absolute atomic E-state index is 0.258. The first kappa shape index (κ1) is 29.2. The third-order valence-electron chi connectivity index (χ3n) is 5.28. The predicted molar refractivity (Wildman–Crippen MR) is 150 cm³/mol. The molecular formula is C24H37BrN4O2S3. The molecule has 0 aliphatic rings. The standard InChI is InChI=1S/C24H37BrN4O2S3/c1-5-26-23(18-34(30,31)22-12-9-8-11-20(22)25)27-14-16-32-17-21-19(4)33-24(28-21)13-10-15-29(6-2)7-3/h8-9,11-12,18,26-27H,5-7,10,13-17H2,1-4H3. The van der Waals surface area contributed by atoms with Crippen LogP contribution < -0.4 is 10.6 Å². The summed E-state index contributed by atoms with van der Waals surface area (Å²) in [4.78, 5) is 8.87. The van der Waals surface area contributed by atoms with Crippen LogP contribution in [0.25, 0.3) is 0 Å². The highest BCUT2D eigenvalue weighted by Crippen LogP contribution is 2.24. The summed E-state index contributed by atoms with van der Waals surface area (Å²) in [6.45, 7) is 13.1. The van der Waals surface area contributed by atoms with Gasteiger partial charge in [0.25, 0.3) is 0 Å². The van der Waals surface area contributed by atoms with Crippen molar-refractivity contribution in [2.45, 2.75) is 51.2 Å². The molecule has 1 heterocycles. The summed E-state index contributed by atoms with van der Waals surface area (Å²) < 4.78 is 26.2. The second-order valence-corrected chi connectivity index (χ2v) is 12.8. The van der Waals surface area contributed by atoms with E-state index in [9.17, 15) is 8.42 Å². The first-order chi connectivity index (χ1) is 16.3. The van der Waals surface area contributed by atoms with E-state index in [4.69, 9.17) is 4.98 Å². The van der Waals surface area contributed by atoms with E-state index in [1.807, 2.05) is 30.0 Å². The highest BCUT2D eigenvalue weighted by molar-refractivity contribution is 9.10. The lowest BCUT2D eigenvalue weighted by Gasteiger charge is -2.16. The Morgan fingerprint density at radius 1 is 1.21 bits per heavy atom. The summed E-state index contributed by atoms with van der Waals surface area (Å²) in [5.41, 5.74) is 1.17. The van der Waals surface area contributed by atoms with Gasteiger partial charge in [-0.2, -0.15) is 11.8 Å². The minimum atomic E-state index is -3.57. The van der Waals surface area contributed by atoms with E-state index in [-0.39, 0.29) is 4.90 Å². The molecule has 0 aliphatic carbocycles. The summed E-state index contributed by atoms with van der Waals surface area (Å²) in [7, 11) is -3.57. The minimum Gasteiger partial charge on any atom is -0.372 e. The number of nitrogens with one attached hydrogen (secondary N) is 2. The van der Waals surface area contributed by atoms with Gasteiger partial charge in [-0.05, 0) is 68.0 Å². The van der Waals surface area contributed by atoms with E-state index in [1.54, 1.807) is 24.3 Å². The molecule has 2 N–H and O–H groups in total. The van der Waals surface area contributed by atoms with Crippen LogP contribution in [0.5, 0.6) is 0 Å². The molecule has 34 heavy (non-hydrogen) atoms. The Kier molecular flexibility index (Phi) is 13.0. The van der Waals surface area contributed by atoms with Crippen molar-refractivity contribution in [3.8, 4) is 0 Å². The van der Waals surface area contributed by atoms with Gasteiger partial charge in [0.15, 0.2) is 0 Å². The van der Waals surface area contributed by atoms with Crippen LogP contribution in [-0.2, 0) is 22.0 Å².